The molecule has 0 aliphatic rings. The van der Waals surface area contributed by atoms with Crippen molar-refractivity contribution in [3.63, 3.8) is 0 Å². The Bertz CT molecular complexity index is 574. The van der Waals surface area contributed by atoms with Gasteiger partial charge in [-0.2, -0.15) is 0 Å². The number of hydrogen-bond acceptors (Lipinski definition) is 2. The topological polar surface area (TPSA) is 22.0 Å². The van der Waals surface area contributed by atoms with E-state index in [9.17, 15) is 4.79 Å². The molecule has 2 rings (SSSR count). The number of halogens is 1. The fourth-order valence-corrected chi connectivity index (χ4v) is 3.24. The van der Waals surface area contributed by atoms with Crippen LogP contribution in [0.5, 0.6) is 0 Å². The standard InChI is InChI=1S/C12H10INOS.CH4/c1-3-9-6-8(2)11(7-15)10-4-5-14(16-13)12(9)10;/h3-7H,1H2,2H3;1H4. The van der Waals surface area contributed by atoms with Gasteiger partial charge in [-0.15, -0.1) is 0 Å². The van der Waals surface area contributed by atoms with Gasteiger partial charge < -0.3 is 0 Å². The lowest BCUT2D eigenvalue weighted by Crippen LogP contribution is -1.92. The fraction of sp³-hybridized carbons (Fsp3) is 0.154. The highest BCUT2D eigenvalue weighted by Gasteiger charge is 2.11. The molecule has 1 heterocycles. The van der Waals surface area contributed by atoms with Crippen LogP contribution in [0, 0.1) is 6.92 Å². The third-order valence-corrected chi connectivity index (χ3v) is 4.35. The number of hydrogen-bond donors (Lipinski definition) is 0. The average molecular weight is 359 g/mol. The summed E-state index contributed by atoms with van der Waals surface area (Å²) in [5.41, 5.74) is 3.88. The molecule has 1 aromatic carbocycles. The number of benzene rings is 1. The van der Waals surface area contributed by atoms with Crippen molar-refractivity contribution in [3.8, 4) is 0 Å². The van der Waals surface area contributed by atoms with E-state index in [1.165, 1.54) is 0 Å². The van der Waals surface area contributed by atoms with E-state index in [1.54, 1.807) is 9.12 Å². The summed E-state index contributed by atoms with van der Waals surface area (Å²) in [6, 6.07) is 3.98. The zero-order valence-electron chi connectivity index (χ0n) is 8.74. The predicted octanol–water partition coefficient (Wildman–Crippen LogP) is 4.89. The van der Waals surface area contributed by atoms with E-state index in [4.69, 9.17) is 0 Å². The minimum atomic E-state index is 0. The monoisotopic (exact) mass is 359 g/mol. The van der Waals surface area contributed by atoms with Crippen molar-refractivity contribution in [2.45, 2.75) is 14.4 Å². The first-order chi connectivity index (χ1) is 7.72. The molecule has 2 aromatic rings. The van der Waals surface area contributed by atoms with Crippen molar-refractivity contribution in [1.29, 1.82) is 0 Å². The molecule has 1 aromatic heterocycles. The van der Waals surface area contributed by atoms with Crippen molar-refractivity contribution < 1.29 is 4.79 Å². The van der Waals surface area contributed by atoms with Gasteiger partial charge in [-0.25, -0.2) is 0 Å². The van der Waals surface area contributed by atoms with Crippen molar-refractivity contribution in [1.82, 2.24) is 3.97 Å². The molecule has 0 aliphatic heterocycles. The van der Waals surface area contributed by atoms with Crippen LogP contribution < -0.4 is 0 Å². The molecule has 0 bridgehead atoms. The van der Waals surface area contributed by atoms with Gasteiger partial charge in [0, 0.05) is 47.5 Å². The van der Waals surface area contributed by atoms with Crippen LogP contribution in [0.1, 0.15) is 28.9 Å². The number of aldehydes is 1. The molecule has 0 radical (unpaired) electrons. The van der Waals surface area contributed by atoms with E-state index in [0.29, 0.717) is 0 Å². The zero-order chi connectivity index (χ0) is 11.7. The lowest BCUT2D eigenvalue weighted by Gasteiger charge is -2.07. The fourth-order valence-electron chi connectivity index (χ4n) is 1.88. The summed E-state index contributed by atoms with van der Waals surface area (Å²) >= 11 is 2.22. The van der Waals surface area contributed by atoms with E-state index < -0.39 is 0 Å². The molecular weight excluding hydrogens is 345 g/mol. The Labute approximate surface area is 118 Å². The molecule has 0 atom stereocenters. The quantitative estimate of drug-likeness (QED) is 0.575. The Morgan fingerprint density at radius 1 is 1.53 bits per heavy atom. The van der Waals surface area contributed by atoms with Gasteiger partial charge in [-0.1, -0.05) is 20.1 Å². The first-order valence-corrected chi connectivity index (χ1v) is 8.06. The second-order valence-electron chi connectivity index (χ2n) is 3.49. The second-order valence-corrected chi connectivity index (χ2v) is 5.20. The van der Waals surface area contributed by atoms with E-state index in [-0.39, 0.29) is 7.43 Å². The van der Waals surface area contributed by atoms with E-state index in [1.807, 2.05) is 35.3 Å². The van der Waals surface area contributed by atoms with Gasteiger partial charge in [0.2, 0.25) is 0 Å². The van der Waals surface area contributed by atoms with Gasteiger partial charge in [0.25, 0.3) is 0 Å². The average Bonchev–Trinajstić information content (AvgIpc) is 2.71. The highest BCUT2D eigenvalue weighted by atomic mass is 127. The maximum absolute atomic E-state index is 11.1. The number of nitrogens with zero attached hydrogens (tertiary/aromatic N) is 1. The van der Waals surface area contributed by atoms with Crippen molar-refractivity contribution in [2.24, 2.45) is 0 Å². The summed E-state index contributed by atoms with van der Waals surface area (Å²) in [7, 11) is 1.58. The maximum Gasteiger partial charge on any atom is 0.150 e. The summed E-state index contributed by atoms with van der Waals surface area (Å²) < 4.78 is 2.04. The van der Waals surface area contributed by atoms with Crippen molar-refractivity contribution >= 4 is 53.6 Å². The minimum Gasteiger partial charge on any atom is -0.298 e. The molecule has 0 saturated heterocycles. The molecule has 0 saturated carbocycles. The molecule has 0 spiro atoms. The number of aryl methyl sites for hydroxylation is 1. The normalized spacial score (nSPS) is 10.0. The van der Waals surface area contributed by atoms with Crippen LogP contribution in [0.3, 0.4) is 0 Å². The van der Waals surface area contributed by atoms with Crippen LogP contribution in [0.2, 0.25) is 0 Å². The van der Waals surface area contributed by atoms with Crippen molar-refractivity contribution in [3.05, 3.63) is 41.6 Å². The molecule has 0 N–H and O–H groups in total. The van der Waals surface area contributed by atoms with Gasteiger partial charge in [0.05, 0.1) is 5.52 Å². The number of aromatic nitrogens is 1. The summed E-state index contributed by atoms with van der Waals surface area (Å²) in [5, 5.41) is 0.995. The summed E-state index contributed by atoms with van der Waals surface area (Å²) in [6.45, 7) is 5.77. The Balaban J connectivity index is 0.00000144. The number of fused-ring (bicyclic) bond motifs is 1. The van der Waals surface area contributed by atoms with Crippen LogP contribution in [-0.2, 0) is 0 Å². The predicted molar refractivity (Wildman–Crippen MR) is 85.9 cm³/mol. The Morgan fingerprint density at radius 2 is 2.24 bits per heavy atom. The summed E-state index contributed by atoms with van der Waals surface area (Å²) in [4.78, 5) is 11.1. The van der Waals surface area contributed by atoms with E-state index >= 15 is 0 Å². The van der Waals surface area contributed by atoms with E-state index in [2.05, 4.69) is 27.8 Å². The largest absolute Gasteiger partial charge is 0.298 e. The maximum atomic E-state index is 11.1. The van der Waals surface area contributed by atoms with Gasteiger partial charge >= 0.3 is 0 Å². The van der Waals surface area contributed by atoms with Crippen LogP contribution in [0.25, 0.3) is 17.0 Å². The third kappa shape index (κ3) is 2.28. The Kier molecular flexibility index (Phi) is 4.82. The van der Waals surface area contributed by atoms with Crippen molar-refractivity contribution in [2.75, 3.05) is 0 Å². The molecule has 0 fully saturated rings. The lowest BCUT2D eigenvalue weighted by molar-refractivity contribution is 0.112. The van der Waals surface area contributed by atoms with E-state index in [0.717, 1.165) is 33.9 Å². The van der Waals surface area contributed by atoms with Crippen LogP contribution in [0.4, 0.5) is 0 Å². The summed E-state index contributed by atoms with van der Waals surface area (Å²) in [5.74, 6) is 0. The number of carbonyl (C=O) groups excluding carboxylic acids is 1. The highest BCUT2D eigenvalue weighted by Crippen LogP contribution is 2.31. The third-order valence-electron chi connectivity index (χ3n) is 2.62. The zero-order valence-corrected chi connectivity index (χ0v) is 11.7. The number of rotatable bonds is 3. The Hall–Kier alpha value is -0.750. The first kappa shape index (κ1) is 14.3. The number of carbonyl (C=O) groups is 1. The molecule has 2 nitrogen and oxygen atoms in total. The molecule has 0 unspecified atom stereocenters. The summed E-state index contributed by atoms with van der Waals surface area (Å²) in [6.07, 6.45) is 4.72. The second kappa shape index (κ2) is 5.73. The smallest absolute Gasteiger partial charge is 0.150 e. The molecule has 90 valence electrons. The van der Waals surface area contributed by atoms with Crippen LogP contribution in [-0.4, -0.2) is 10.3 Å². The first-order valence-electron chi connectivity index (χ1n) is 4.74. The van der Waals surface area contributed by atoms with Gasteiger partial charge in [0.15, 0.2) is 6.29 Å². The molecular formula is C13H14INOS. The van der Waals surface area contributed by atoms with Crippen LogP contribution >= 0.6 is 30.3 Å². The molecule has 4 heteroatoms. The molecule has 0 amide bonds. The Morgan fingerprint density at radius 3 is 2.76 bits per heavy atom. The van der Waals surface area contributed by atoms with Gasteiger partial charge in [-0.05, 0) is 30.2 Å². The minimum absolute atomic E-state index is 0. The molecule has 17 heavy (non-hydrogen) atoms. The van der Waals surface area contributed by atoms with Gasteiger partial charge in [0.1, 0.15) is 0 Å². The van der Waals surface area contributed by atoms with Crippen LogP contribution in [0.15, 0.2) is 24.9 Å². The molecule has 0 aliphatic carbocycles. The lowest BCUT2D eigenvalue weighted by atomic mass is 10.0. The van der Waals surface area contributed by atoms with Gasteiger partial charge in [-0.3, -0.25) is 8.77 Å². The highest BCUT2D eigenvalue weighted by molar-refractivity contribution is 14.2. The SMILES string of the molecule is C.C=Cc1cc(C)c(C=O)c2ccn(SI)c12.